The van der Waals surface area contributed by atoms with Crippen LogP contribution in [0.25, 0.3) is 0 Å². The maximum atomic E-state index is 13.7. The molecule has 1 saturated heterocycles. The minimum absolute atomic E-state index is 0. The average molecular weight is 716 g/mol. The summed E-state index contributed by atoms with van der Waals surface area (Å²) in [5.74, 6) is 2.70. The zero-order valence-corrected chi connectivity index (χ0v) is 30.6. The largest absolute Gasteiger partial charge is 1.00 e. The van der Waals surface area contributed by atoms with Crippen LogP contribution in [0.2, 0.25) is 0 Å². The van der Waals surface area contributed by atoms with E-state index in [1.807, 2.05) is 12.1 Å². The Kier molecular flexibility index (Phi) is 7.01. The lowest BCUT2D eigenvalue weighted by Crippen LogP contribution is -3.00. The fourth-order valence-corrected chi connectivity index (χ4v) is 13.6. The van der Waals surface area contributed by atoms with Gasteiger partial charge in [-0.05, 0) is 120 Å². The molecule has 1 aromatic heterocycles. The van der Waals surface area contributed by atoms with E-state index in [0.29, 0.717) is 40.2 Å². The second-order valence-corrected chi connectivity index (χ2v) is 18.3. The third-order valence-corrected chi connectivity index (χ3v) is 15.8. The predicted molar refractivity (Wildman–Crippen MR) is 167 cm³/mol. The number of hydrogen-bond acceptors (Lipinski definition) is 2. The molecule has 4 saturated carbocycles. The number of fused-ring (bicyclic) bond motifs is 6. The molecule has 6 heteroatoms. The van der Waals surface area contributed by atoms with Crippen LogP contribution >= 0.6 is 0 Å². The number of rotatable bonds is 2. The van der Waals surface area contributed by atoms with Crippen LogP contribution in [0.1, 0.15) is 117 Å². The summed E-state index contributed by atoms with van der Waals surface area (Å²) in [5.41, 5.74) is 5.67. The van der Waals surface area contributed by atoms with Gasteiger partial charge in [-0.3, -0.25) is 0 Å². The predicted octanol–water partition coefficient (Wildman–Crippen LogP) is 4.80. The molecule has 9 atom stereocenters. The summed E-state index contributed by atoms with van der Waals surface area (Å²) in [7, 11) is 2.15. The summed E-state index contributed by atoms with van der Waals surface area (Å²) in [4.78, 5) is 0. The highest BCUT2D eigenvalue weighted by Crippen LogP contribution is 2.77. The van der Waals surface area contributed by atoms with E-state index in [2.05, 4.69) is 64.9 Å². The molecule has 2 heterocycles. The highest BCUT2D eigenvalue weighted by molar-refractivity contribution is 5.30. The third-order valence-electron chi connectivity index (χ3n) is 15.8. The van der Waals surface area contributed by atoms with E-state index in [-0.39, 0.29) is 40.6 Å². The van der Waals surface area contributed by atoms with Crippen LogP contribution in [-0.2, 0) is 30.2 Å². The Bertz CT molecular complexity index is 1470. The zero-order valence-electron chi connectivity index (χ0n) is 28.5. The molecule has 4 nitrogen and oxygen atoms in total. The number of ether oxygens (including phenoxy) is 1. The number of halogens is 2. The normalized spacial score (nSPS) is 44.3. The quantitative estimate of drug-likeness (QED) is 0.331. The van der Waals surface area contributed by atoms with Gasteiger partial charge < -0.3 is 28.7 Å². The molecule has 0 amide bonds. The highest BCUT2D eigenvalue weighted by Gasteiger charge is 2.73. The van der Waals surface area contributed by atoms with E-state index in [4.69, 9.17) is 9.95 Å². The van der Waals surface area contributed by atoms with Gasteiger partial charge in [-0.15, -0.1) is 9.36 Å². The van der Waals surface area contributed by atoms with Gasteiger partial charge in [-0.2, -0.15) is 0 Å². The number of aryl methyl sites for hydroxylation is 1. The van der Waals surface area contributed by atoms with Crippen molar-refractivity contribution in [3.05, 3.63) is 47.0 Å². The van der Waals surface area contributed by atoms with E-state index < -0.39 is 0 Å². The molecule has 1 aliphatic heterocycles. The zero-order chi connectivity index (χ0) is 30.4. The van der Waals surface area contributed by atoms with Gasteiger partial charge in [0, 0.05) is 11.8 Å². The van der Waals surface area contributed by atoms with Crippen molar-refractivity contribution in [2.75, 3.05) is 6.61 Å². The number of hydrogen-bond donors (Lipinski definition) is 0. The molecule has 0 unspecified atom stereocenters. The minimum atomic E-state index is -0.179. The molecule has 5 fully saturated rings. The van der Waals surface area contributed by atoms with Gasteiger partial charge >= 0.3 is 0 Å². The molecule has 5 aliphatic carbocycles. The number of benzene rings is 1. The lowest BCUT2D eigenvalue weighted by molar-refractivity contribution is -0.757. The van der Waals surface area contributed by atoms with Gasteiger partial charge in [-0.25, -0.2) is 4.39 Å². The molecule has 0 radical (unpaired) electrons. The molecule has 242 valence electrons. The topological polar surface area (TPSA) is 30.9 Å². The Morgan fingerprint density at radius 3 is 2.32 bits per heavy atom. The van der Waals surface area contributed by atoms with E-state index in [9.17, 15) is 4.39 Å². The maximum Gasteiger partial charge on any atom is 0.177 e. The number of nitrogens with zero attached hydrogens (tertiary/aromatic N) is 3. The summed E-state index contributed by atoms with van der Waals surface area (Å²) >= 11 is 0. The fourth-order valence-electron chi connectivity index (χ4n) is 13.6. The maximum absolute atomic E-state index is 13.7. The highest BCUT2D eigenvalue weighted by atomic mass is 127. The van der Waals surface area contributed by atoms with E-state index >= 15 is 0 Å². The van der Waals surface area contributed by atoms with Crippen LogP contribution in [0.5, 0.6) is 0 Å². The van der Waals surface area contributed by atoms with E-state index in [0.717, 1.165) is 36.3 Å². The first-order valence-electron chi connectivity index (χ1n) is 17.5. The molecule has 2 aromatic rings. The summed E-state index contributed by atoms with van der Waals surface area (Å²) in [6, 6.07) is 6.97. The molecular formula is C38H55FIN3O. The lowest BCUT2D eigenvalue weighted by Gasteiger charge is -2.72. The van der Waals surface area contributed by atoms with Gasteiger partial charge in [0.2, 0.25) is 0 Å². The van der Waals surface area contributed by atoms with Crippen molar-refractivity contribution in [3.63, 3.8) is 0 Å². The first-order valence-corrected chi connectivity index (χ1v) is 17.5. The Morgan fingerprint density at radius 1 is 0.886 bits per heavy atom. The second kappa shape index (κ2) is 9.76. The molecule has 6 aliphatic rings. The molecule has 0 N–H and O–H groups in total. The van der Waals surface area contributed by atoms with Gasteiger partial charge in [0.1, 0.15) is 19.4 Å². The SMILES string of the molecule is Cn1n[n+](Cc2ccc(F)cc2)c2c1C[C@]1(C)[C@H]3CC[C@@H]4[C@H]5[C@H]6OC[C@@]5(CCC6(C)C)CC[C@@]4(C)[C@]3(C)CC[C@H]1C2(C)C.[I-]. The van der Waals surface area contributed by atoms with E-state index in [1.165, 1.54) is 62.8 Å². The van der Waals surface area contributed by atoms with Gasteiger partial charge in [-0.1, -0.05) is 60.6 Å². The van der Waals surface area contributed by atoms with Gasteiger partial charge in [0.05, 0.1) is 17.9 Å². The molecular weight excluding hydrogens is 660 g/mol. The van der Waals surface area contributed by atoms with Crippen LogP contribution in [-0.4, -0.2) is 22.6 Å². The monoisotopic (exact) mass is 715 g/mol. The standard InChI is InChI=1S/C38H55FN3O.HI/c1-33(2)17-19-38-20-18-36(6)26(30(38)32(33)43-23-38)13-14-29-35(5)21-27-31(34(3,4)28(35)15-16-37(29,36)7)42(40-41(27)8)22-24-9-11-25(39)12-10-24;/h9-12,26,28-30,32H,13-23H2,1-8H3;1H/q+1;/p-1/t26-,28+,29-,30+,32-,35+,36-,37-,38-;/m1./s1. The lowest BCUT2D eigenvalue weighted by atomic mass is 9.31. The molecule has 8 rings (SSSR count). The Morgan fingerprint density at radius 2 is 1.59 bits per heavy atom. The summed E-state index contributed by atoms with van der Waals surface area (Å²) < 4.78 is 24.9. The van der Waals surface area contributed by atoms with Crippen molar-refractivity contribution in [3.8, 4) is 0 Å². The van der Waals surface area contributed by atoms with Gasteiger partial charge in [0.25, 0.3) is 0 Å². The van der Waals surface area contributed by atoms with Crippen LogP contribution in [0.4, 0.5) is 4.39 Å². The van der Waals surface area contributed by atoms with Crippen LogP contribution < -0.4 is 28.7 Å². The first kappa shape index (κ1) is 31.6. The molecule has 2 bridgehead atoms. The van der Waals surface area contributed by atoms with Crippen molar-refractivity contribution < 1.29 is 37.8 Å². The molecule has 1 aromatic carbocycles. The molecule has 44 heavy (non-hydrogen) atoms. The van der Waals surface area contributed by atoms with Crippen molar-refractivity contribution in [2.45, 2.75) is 124 Å². The summed E-state index contributed by atoms with van der Waals surface area (Å²) in [6.45, 7) is 19.9. The Balaban J connectivity index is 0.00000312. The summed E-state index contributed by atoms with van der Waals surface area (Å²) in [5, 5.41) is 5.10. The summed E-state index contributed by atoms with van der Waals surface area (Å²) in [6.07, 6.45) is 12.4. The molecule has 0 spiro atoms. The Labute approximate surface area is 282 Å². The van der Waals surface area contributed by atoms with Crippen LogP contribution in [0, 0.1) is 56.6 Å². The van der Waals surface area contributed by atoms with Crippen molar-refractivity contribution in [1.82, 2.24) is 9.90 Å². The third kappa shape index (κ3) is 3.88. The van der Waals surface area contributed by atoms with Crippen molar-refractivity contribution in [1.29, 1.82) is 0 Å². The van der Waals surface area contributed by atoms with E-state index in [1.54, 1.807) is 12.1 Å². The fraction of sp³-hybridized carbons (Fsp3) is 0.789. The minimum Gasteiger partial charge on any atom is -1.00 e. The first-order chi connectivity index (χ1) is 20.2. The second-order valence-electron chi connectivity index (χ2n) is 18.3. The van der Waals surface area contributed by atoms with Gasteiger partial charge in [0.15, 0.2) is 11.4 Å². The van der Waals surface area contributed by atoms with Crippen molar-refractivity contribution in [2.24, 2.45) is 57.8 Å². The van der Waals surface area contributed by atoms with Crippen molar-refractivity contribution >= 4 is 0 Å². The number of aromatic nitrogens is 3. The van der Waals surface area contributed by atoms with Crippen LogP contribution in [0.15, 0.2) is 24.3 Å². The smallest absolute Gasteiger partial charge is 0.177 e. The van der Waals surface area contributed by atoms with Crippen LogP contribution in [0.3, 0.4) is 0 Å². The average Bonchev–Trinajstić information content (AvgIpc) is 3.43. The Hall–Kier alpha value is -1.02.